The number of nitrogens with one attached hydrogen (secondary N) is 1. The summed E-state index contributed by atoms with van der Waals surface area (Å²) in [6.45, 7) is 2.41. The number of para-hydroxylation sites is 1. The van der Waals surface area contributed by atoms with Gasteiger partial charge in [-0.3, -0.25) is 4.79 Å². The van der Waals surface area contributed by atoms with Gasteiger partial charge in [-0.2, -0.15) is 5.26 Å². The van der Waals surface area contributed by atoms with Crippen molar-refractivity contribution in [2.24, 2.45) is 0 Å². The number of carbonyl (C=O) groups excluding carboxylic acids is 1. The number of carboxylic acid groups (broad SMARTS) is 1. The Kier molecular flexibility index (Phi) is 8.74. The van der Waals surface area contributed by atoms with Crippen molar-refractivity contribution in [3.05, 3.63) is 93.0 Å². The molecule has 0 aliphatic rings. The highest BCUT2D eigenvalue weighted by molar-refractivity contribution is 6.42. The Hall–Kier alpha value is -3.99. The van der Waals surface area contributed by atoms with E-state index in [1.807, 2.05) is 13.0 Å². The molecule has 178 valence electrons. The van der Waals surface area contributed by atoms with Gasteiger partial charge in [0.25, 0.3) is 5.91 Å². The summed E-state index contributed by atoms with van der Waals surface area (Å²) < 4.78 is 11.5. The molecule has 3 aromatic carbocycles. The zero-order valence-electron chi connectivity index (χ0n) is 18.5. The van der Waals surface area contributed by atoms with E-state index >= 15 is 0 Å². The minimum absolute atomic E-state index is 0.0831. The van der Waals surface area contributed by atoms with Crippen LogP contribution < -0.4 is 14.8 Å². The molecular weight excluding hydrogens is 491 g/mol. The molecule has 0 aliphatic carbocycles. The first-order valence-corrected chi connectivity index (χ1v) is 11.2. The average Bonchev–Trinajstić information content (AvgIpc) is 2.84. The molecule has 35 heavy (non-hydrogen) atoms. The maximum absolute atomic E-state index is 12.6. The number of rotatable bonds is 9. The predicted octanol–water partition coefficient (Wildman–Crippen LogP) is 6.21. The van der Waals surface area contributed by atoms with Crippen LogP contribution in [0.3, 0.4) is 0 Å². The van der Waals surface area contributed by atoms with Crippen molar-refractivity contribution in [2.45, 2.75) is 13.5 Å². The lowest BCUT2D eigenvalue weighted by Crippen LogP contribution is -2.16. The lowest BCUT2D eigenvalue weighted by molar-refractivity contribution is -0.112. The number of anilines is 1. The fourth-order valence-electron chi connectivity index (χ4n) is 3.08. The van der Waals surface area contributed by atoms with Crippen molar-refractivity contribution in [3.8, 4) is 17.6 Å². The van der Waals surface area contributed by atoms with Gasteiger partial charge in [0.15, 0.2) is 11.5 Å². The van der Waals surface area contributed by atoms with Crippen LogP contribution in [0.25, 0.3) is 6.08 Å². The van der Waals surface area contributed by atoms with Crippen LogP contribution in [0.5, 0.6) is 11.5 Å². The zero-order valence-corrected chi connectivity index (χ0v) is 20.1. The van der Waals surface area contributed by atoms with Gasteiger partial charge in [-0.05, 0) is 60.5 Å². The molecule has 0 spiro atoms. The van der Waals surface area contributed by atoms with E-state index in [4.69, 9.17) is 32.7 Å². The highest BCUT2D eigenvalue weighted by Gasteiger charge is 2.15. The average molecular weight is 511 g/mol. The number of nitriles is 1. The molecule has 0 atom stereocenters. The molecule has 0 bridgehead atoms. The summed E-state index contributed by atoms with van der Waals surface area (Å²) >= 11 is 12.0. The fraction of sp³-hybridized carbons (Fsp3) is 0.115. The van der Waals surface area contributed by atoms with Gasteiger partial charge in [0.05, 0.1) is 27.9 Å². The molecule has 7 nitrogen and oxygen atoms in total. The van der Waals surface area contributed by atoms with E-state index in [0.29, 0.717) is 33.7 Å². The maximum Gasteiger partial charge on any atom is 0.337 e. The zero-order chi connectivity index (χ0) is 25.4. The third-order valence-electron chi connectivity index (χ3n) is 4.73. The summed E-state index contributed by atoms with van der Waals surface area (Å²) in [4.78, 5) is 24.0. The van der Waals surface area contributed by atoms with Crippen LogP contribution in [-0.4, -0.2) is 23.6 Å². The Morgan fingerprint density at radius 3 is 2.49 bits per heavy atom. The second-order valence-electron chi connectivity index (χ2n) is 7.15. The van der Waals surface area contributed by atoms with E-state index < -0.39 is 11.9 Å². The Morgan fingerprint density at radius 2 is 1.80 bits per heavy atom. The quantitative estimate of drug-likeness (QED) is 0.261. The van der Waals surface area contributed by atoms with Crippen LogP contribution in [-0.2, 0) is 11.4 Å². The van der Waals surface area contributed by atoms with Crippen LogP contribution in [0.1, 0.15) is 28.4 Å². The lowest BCUT2D eigenvalue weighted by atomic mass is 10.1. The first-order valence-electron chi connectivity index (χ1n) is 10.4. The van der Waals surface area contributed by atoms with Crippen LogP contribution in [0.4, 0.5) is 5.69 Å². The number of nitrogens with zero attached hydrogens (tertiary/aromatic N) is 1. The van der Waals surface area contributed by atoms with Gasteiger partial charge >= 0.3 is 5.97 Å². The molecule has 0 unspecified atom stereocenters. The summed E-state index contributed by atoms with van der Waals surface area (Å²) in [6, 6.07) is 18.0. The van der Waals surface area contributed by atoms with Gasteiger partial charge in [0.2, 0.25) is 0 Å². The molecule has 0 heterocycles. The first-order chi connectivity index (χ1) is 16.8. The van der Waals surface area contributed by atoms with Crippen LogP contribution >= 0.6 is 23.2 Å². The first kappa shape index (κ1) is 25.6. The molecule has 3 aromatic rings. The van der Waals surface area contributed by atoms with Crippen LogP contribution in [0.15, 0.2) is 66.2 Å². The number of halogens is 2. The molecule has 9 heteroatoms. The summed E-state index contributed by atoms with van der Waals surface area (Å²) in [7, 11) is 0. The van der Waals surface area contributed by atoms with Crippen molar-refractivity contribution >= 4 is 46.8 Å². The Morgan fingerprint density at radius 1 is 1.03 bits per heavy atom. The second-order valence-corrected chi connectivity index (χ2v) is 7.97. The van der Waals surface area contributed by atoms with Crippen molar-refractivity contribution in [2.75, 3.05) is 11.9 Å². The Balaban J connectivity index is 1.81. The number of carboxylic acids is 1. The number of amides is 1. The standard InChI is InChI=1S/C26H20Cl2N2O5/c1-2-34-24-13-16(8-10-23(24)35-15-17-7-9-20(27)21(28)12-17)11-18(14-29)25(31)30-22-6-4-3-5-19(22)26(32)33/h3-13H,2,15H2,1H3,(H,30,31)(H,32,33)/b18-11+. The van der Waals surface area contributed by atoms with E-state index in [1.165, 1.54) is 18.2 Å². The minimum atomic E-state index is -1.19. The van der Waals surface area contributed by atoms with Crippen molar-refractivity contribution in [1.82, 2.24) is 0 Å². The third kappa shape index (κ3) is 6.76. The number of carbonyl (C=O) groups is 2. The van der Waals surface area contributed by atoms with Gasteiger partial charge in [0.1, 0.15) is 18.2 Å². The van der Waals surface area contributed by atoms with E-state index in [1.54, 1.807) is 48.5 Å². The predicted molar refractivity (Wildman–Crippen MR) is 134 cm³/mol. The Bertz CT molecular complexity index is 1330. The molecular formula is C26H20Cl2N2O5. The highest BCUT2D eigenvalue weighted by Crippen LogP contribution is 2.31. The monoisotopic (exact) mass is 510 g/mol. The van der Waals surface area contributed by atoms with Crippen molar-refractivity contribution < 1.29 is 24.2 Å². The highest BCUT2D eigenvalue weighted by atomic mass is 35.5. The summed E-state index contributed by atoms with van der Waals surface area (Å²) in [6.07, 6.45) is 1.38. The fourth-order valence-corrected chi connectivity index (χ4v) is 3.40. The summed E-state index contributed by atoms with van der Waals surface area (Å²) in [5, 5.41) is 22.2. The molecule has 0 saturated heterocycles. The van der Waals surface area contributed by atoms with Crippen LogP contribution in [0.2, 0.25) is 10.0 Å². The largest absolute Gasteiger partial charge is 0.490 e. The molecule has 0 aromatic heterocycles. The number of benzene rings is 3. The smallest absolute Gasteiger partial charge is 0.337 e. The summed E-state index contributed by atoms with van der Waals surface area (Å²) in [5.74, 6) is -1.04. The van der Waals surface area contributed by atoms with Gasteiger partial charge < -0.3 is 19.9 Å². The third-order valence-corrected chi connectivity index (χ3v) is 5.47. The number of aromatic carboxylic acids is 1. The van der Waals surface area contributed by atoms with E-state index in [-0.39, 0.29) is 23.4 Å². The SMILES string of the molecule is CCOc1cc(/C=C(\C#N)C(=O)Nc2ccccc2C(=O)O)ccc1OCc1ccc(Cl)c(Cl)c1. The molecule has 1 amide bonds. The molecule has 0 aliphatic heterocycles. The second kappa shape index (κ2) is 11.9. The van der Waals surface area contributed by atoms with Gasteiger partial charge in [-0.15, -0.1) is 0 Å². The van der Waals surface area contributed by atoms with Gasteiger partial charge in [-0.1, -0.05) is 47.5 Å². The molecule has 0 saturated carbocycles. The molecule has 3 rings (SSSR count). The number of hydrogen-bond donors (Lipinski definition) is 2. The molecule has 0 radical (unpaired) electrons. The number of hydrogen-bond acceptors (Lipinski definition) is 5. The Labute approximate surface area is 212 Å². The van der Waals surface area contributed by atoms with Crippen molar-refractivity contribution in [3.63, 3.8) is 0 Å². The maximum atomic E-state index is 12.6. The summed E-state index contributed by atoms with van der Waals surface area (Å²) in [5.41, 5.74) is 1.13. The van der Waals surface area contributed by atoms with Gasteiger partial charge in [-0.25, -0.2) is 4.79 Å². The number of ether oxygens (including phenoxy) is 2. The topological polar surface area (TPSA) is 109 Å². The minimum Gasteiger partial charge on any atom is -0.490 e. The van der Waals surface area contributed by atoms with Crippen LogP contribution in [0, 0.1) is 11.3 Å². The molecule has 0 fully saturated rings. The van der Waals surface area contributed by atoms with Crippen molar-refractivity contribution in [1.29, 1.82) is 5.26 Å². The van der Waals surface area contributed by atoms with E-state index in [2.05, 4.69) is 5.32 Å². The van der Waals surface area contributed by atoms with E-state index in [0.717, 1.165) is 5.56 Å². The van der Waals surface area contributed by atoms with Gasteiger partial charge in [0, 0.05) is 0 Å². The lowest BCUT2D eigenvalue weighted by Gasteiger charge is -2.13. The van der Waals surface area contributed by atoms with E-state index in [9.17, 15) is 20.0 Å². The molecule has 2 N–H and O–H groups in total. The normalized spacial score (nSPS) is 10.9.